The van der Waals surface area contributed by atoms with Crippen molar-refractivity contribution in [3.8, 4) is 0 Å². The Morgan fingerprint density at radius 3 is 2.43 bits per heavy atom. The monoisotopic (exact) mass is 387 g/mol. The van der Waals surface area contributed by atoms with Crippen molar-refractivity contribution in [2.24, 2.45) is 5.92 Å². The Morgan fingerprint density at radius 2 is 1.82 bits per heavy atom. The third-order valence-corrected chi connectivity index (χ3v) is 5.42. The number of hydrogen-bond donors (Lipinski definition) is 0. The molecular formula is C22H33N3O3. The van der Waals surface area contributed by atoms with Crippen molar-refractivity contribution in [3.63, 3.8) is 0 Å². The van der Waals surface area contributed by atoms with Crippen LogP contribution in [0.15, 0.2) is 18.2 Å². The van der Waals surface area contributed by atoms with E-state index < -0.39 is 5.60 Å². The molecule has 1 aromatic carbocycles. The molecule has 28 heavy (non-hydrogen) atoms. The Hall–Kier alpha value is -2.24. The zero-order valence-electron chi connectivity index (χ0n) is 18.0. The summed E-state index contributed by atoms with van der Waals surface area (Å²) in [6, 6.07) is 6.47. The summed E-state index contributed by atoms with van der Waals surface area (Å²) in [4.78, 5) is 30.5. The maximum atomic E-state index is 12.4. The third kappa shape index (κ3) is 4.42. The minimum atomic E-state index is -0.480. The molecule has 1 saturated heterocycles. The van der Waals surface area contributed by atoms with Crippen LogP contribution in [-0.2, 0) is 16.0 Å². The van der Waals surface area contributed by atoms with Crippen molar-refractivity contribution in [2.75, 3.05) is 36.0 Å². The van der Waals surface area contributed by atoms with Crippen LogP contribution >= 0.6 is 0 Å². The minimum Gasteiger partial charge on any atom is -0.444 e. The second-order valence-corrected chi connectivity index (χ2v) is 9.22. The molecule has 0 spiro atoms. The molecule has 1 aromatic rings. The van der Waals surface area contributed by atoms with Crippen molar-refractivity contribution >= 4 is 23.4 Å². The van der Waals surface area contributed by atoms with E-state index in [0.29, 0.717) is 12.5 Å². The number of amides is 2. The lowest BCUT2D eigenvalue weighted by molar-refractivity contribution is -0.116. The molecule has 2 atom stereocenters. The summed E-state index contributed by atoms with van der Waals surface area (Å²) in [5.74, 6) is 0.551. The molecule has 0 N–H and O–H groups in total. The van der Waals surface area contributed by atoms with Crippen LogP contribution in [0, 0.1) is 5.92 Å². The molecule has 2 aliphatic rings. The molecule has 0 bridgehead atoms. The van der Waals surface area contributed by atoms with E-state index in [1.807, 2.05) is 30.6 Å². The van der Waals surface area contributed by atoms with Gasteiger partial charge < -0.3 is 19.4 Å². The van der Waals surface area contributed by atoms with Crippen molar-refractivity contribution in [1.82, 2.24) is 4.90 Å². The predicted molar refractivity (Wildman–Crippen MR) is 112 cm³/mol. The van der Waals surface area contributed by atoms with Gasteiger partial charge in [0.25, 0.3) is 0 Å². The van der Waals surface area contributed by atoms with E-state index in [-0.39, 0.29) is 18.0 Å². The molecule has 154 valence electrons. The molecule has 0 radical (unpaired) electrons. The van der Waals surface area contributed by atoms with E-state index in [2.05, 4.69) is 36.9 Å². The van der Waals surface area contributed by atoms with Gasteiger partial charge in [0.05, 0.1) is 0 Å². The van der Waals surface area contributed by atoms with Gasteiger partial charge in [-0.2, -0.15) is 0 Å². The Morgan fingerprint density at radius 1 is 1.11 bits per heavy atom. The standard InChI is InChI=1S/C22H33N3O3/c1-15-11-18-12-19(7-8-20(18)25(13-15)17(3)26)23-9-10-24(16(2)14-23)21(27)28-22(4,5)6/h7-8,12,15-16H,9-11,13-14H2,1-6H3. The second-order valence-electron chi connectivity index (χ2n) is 9.22. The maximum absolute atomic E-state index is 12.4. The number of nitrogens with zero attached hydrogens (tertiary/aromatic N) is 3. The second kappa shape index (κ2) is 7.64. The van der Waals surface area contributed by atoms with Crippen molar-refractivity contribution in [1.29, 1.82) is 0 Å². The highest BCUT2D eigenvalue weighted by Crippen LogP contribution is 2.33. The highest BCUT2D eigenvalue weighted by atomic mass is 16.6. The van der Waals surface area contributed by atoms with E-state index in [4.69, 9.17) is 4.74 Å². The summed E-state index contributed by atoms with van der Waals surface area (Å²) in [5.41, 5.74) is 2.95. The first-order valence-electron chi connectivity index (χ1n) is 10.2. The number of hydrogen-bond acceptors (Lipinski definition) is 4. The average Bonchev–Trinajstić information content (AvgIpc) is 2.58. The first kappa shape index (κ1) is 20.5. The van der Waals surface area contributed by atoms with Crippen LogP contribution in [0.5, 0.6) is 0 Å². The molecule has 2 heterocycles. The average molecular weight is 388 g/mol. The first-order chi connectivity index (χ1) is 13.0. The summed E-state index contributed by atoms with van der Waals surface area (Å²) < 4.78 is 5.54. The zero-order chi connectivity index (χ0) is 20.6. The molecule has 2 unspecified atom stereocenters. The van der Waals surface area contributed by atoms with Crippen LogP contribution in [-0.4, -0.2) is 54.7 Å². The van der Waals surface area contributed by atoms with Gasteiger partial charge in [-0.1, -0.05) is 6.92 Å². The van der Waals surface area contributed by atoms with Crippen LogP contribution in [0.4, 0.5) is 16.2 Å². The molecule has 0 aromatic heterocycles. The van der Waals surface area contributed by atoms with Gasteiger partial charge in [-0.15, -0.1) is 0 Å². The number of piperazine rings is 1. The molecule has 6 nitrogen and oxygen atoms in total. The topological polar surface area (TPSA) is 53.1 Å². The van der Waals surface area contributed by atoms with Crippen LogP contribution in [0.2, 0.25) is 0 Å². The van der Waals surface area contributed by atoms with Crippen LogP contribution in [0.1, 0.15) is 47.1 Å². The van der Waals surface area contributed by atoms with Gasteiger partial charge in [0.1, 0.15) is 5.60 Å². The Balaban J connectivity index is 1.73. The number of benzene rings is 1. The van der Waals surface area contributed by atoms with E-state index >= 15 is 0 Å². The predicted octanol–water partition coefficient (Wildman–Crippen LogP) is 3.68. The highest BCUT2D eigenvalue weighted by molar-refractivity contribution is 5.93. The molecule has 2 aliphatic heterocycles. The normalized spacial score (nSPS) is 22.7. The van der Waals surface area contributed by atoms with Gasteiger partial charge in [0.2, 0.25) is 5.91 Å². The fourth-order valence-corrected chi connectivity index (χ4v) is 4.13. The summed E-state index contributed by atoms with van der Waals surface area (Å²) in [6.45, 7) is 14.5. The largest absolute Gasteiger partial charge is 0.444 e. The number of fused-ring (bicyclic) bond motifs is 1. The molecule has 0 aliphatic carbocycles. The Labute approximate surface area is 168 Å². The number of ether oxygens (including phenoxy) is 1. The lowest BCUT2D eigenvalue weighted by Crippen LogP contribution is -2.55. The lowest BCUT2D eigenvalue weighted by Gasteiger charge is -2.41. The van der Waals surface area contributed by atoms with E-state index in [1.54, 1.807) is 6.92 Å². The van der Waals surface area contributed by atoms with Gasteiger partial charge in [0, 0.05) is 50.5 Å². The molecular weight excluding hydrogens is 354 g/mol. The molecule has 0 saturated carbocycles. The number of carbonyl (C=O) groups excluding carboxylic acids is 2. The highest BCUT2D eigenvalue weighted by Gasteiger charge is 2.32. The minimum absolute atomic E-state index is 0.0762. The van der Waals surface area contributed by atoms with E-state index in [0.717, 1.165) is 37.4 Å². The summed E-state index contributed by atoms with van der Waals surface area (Å²) in [5, 5.41) is 0. The van der Waals surface area contributed by atoms with Crippen LogP contribution in [0.3, 0.4) is 0 Å². The number of rotatable bonds is 1. The van der Waals surface area contributed by atoms with Gasteiger partial charge in [0.15, 0.2) is 0 Å². The Kier molecular flexibility index (Phi) is 5.60. The van der Waals surface area contributed by atoms with E-state index in [9.17, 15) is 9.59 Å². The fourth-order valence-electron chi connectivity index (χ4n) is 4.13. The number of carbonyl (C=O) groups is 2. The number of anilines is 2. The van der Waals surface area contributed by atoms with Gasteiger partial charge in [-0.3, -0.25) is 4.79 Å². The van der Waals surface area contributed by atoms with Crippen LogP contribution < -0.4 is 9.80 Å². The summed E-state index contributed by atoms with van der Waals surface area (Å²) in [7, 11) is 0. The Bertz CT molecular complexity index is 756. The SMILES string of the molecule is CC(=O)N1CC(C)Cc2cc(N3CCN(C(=O)OC(C)(C)C)C(C)C3)ccc21. The maximum Gasteiger partial charge on any atom is 0.410 e. The quantitative estimate of drug-likeness (QED) is 0.738. The zero-order valence-corrected chi connectivity index (χ0v) is 18.0. The van der Waals surface area contributed by atoms with Crippen molar-refractivity contribution in [2.45, 2.75) is 59.6 Å². The van der Waals surface area contributed by atoms with Crippen LogP contribution in [0.25, 0.3) is 0 Å². The first-order valence-corrected chi connectivity index (χ1v) is 10.2. The van der Waals surface area contributed by atoms with Gasteiger partial charge in [-0.05, 0) is 63.8 Å². The van der Waals surface area contributed by atoms with Crippen molar-refractivity contribution < 1.29 is 14.3 Å². The third-order valence-electron chi connectivity index (χ3n) is 5.42. The lowest BCUT2D eigenvalue weighted by atomic mass is 9.93. The van der Waals surface area contributed by atoms with Gasteiger partial charge in [-0.25, -0.2) is 4.79 Å². The summed E-state index contributed by atoms with van der Waals surface area (Å²) >= 11 is 0. The van der Waals surface area contributed by atoms with Crippen molar-refractivity contribution in [3.05, 3.63) is 23.8 Å². The molecule has 6 heteroatoms. The molecule has 2 amide bonds. The summed E-state index contributed by atoms with van der Waals surface area (Å²) in [6.07, 6.45) is 0.747. The molecule has 1 fully saturated rings. The fraction of sp³-hybridized carbons (Fsp3) is 0.636. The molecule has 3 rings (SSSR count). The van der Waals surface area contributed by atoms with Gasteiger partial charge >= 0.3 is 6.09 Å². The van der Waals surface area contributed by atoms with E-state index in [1.165, 1.54) is 5.56 Å². The smallest absolute Gasteiger partial charge is 0.410 e.